The third-order valence-electron chi connectivity index (χ3n) is 0.537. The Hall–Kier alpha value is -0.180. The molecule has 0 aromatic rings. The predicted molar refractivity (Wildman–Crippen MR) is 61.3 cm³/mol. The van der Waals surface area contributed by atoms with E-state index in [4.69, 9.17) is 0 Å². The average Bonchev–Trinajstić information content (AvgIpc) is 1.85. The minimum Gasteiger partial charge on any atom is -0.229 e. The Balaban J connectivity index is -0.0000000651. The van der Waals surface area contributed by atoms with Crippen molar-refractivity contribution in [2.45, 2.75) is 14.9 Å². The zero-order valence-corrected chi connectivity index (χ0v) is 9.08. The quantitative estimate of drug-likeness (QED) is 0.697. The maximum Gasteiger partial charge on any atom is 0.276 e. The minimum atomic E-state index is -3.16. The zero-order valence-electron chi connectivity index (χ0n) is 7.45. The van der Waals surface area contributed by atoms with Crippen molar-refractivity contribution in [1.82, 2.24) is 9.44 Å². The van der Waals surface area contributed by atoms with Crippen LogP contribution >= 0.6 is 0 Å². The van der Waals surface area contributed by atoms with Crippen LogP contribution < -0.4 is 9.44 Å². The second-order valence-electron chi connectivity index (χ2n) is 2.05. The third-order valence-corrected chi connectivity index (χ3v) is 1.61. The van der Waals surface area contributed by atoms with Crippen molar-refractivity contribution in [2.24, 2.45) is 0 Å². The van der Waals surface area contributed by atoms with Crippen LogP contribution in [-0.4, -0.2) is 43.4 Å². The topological polar surface area (TPSA) is 92.3 Å². The van der Waals surface area contributed by atoms with E-state index >= 15 is 0 Å². The van der Waals surface area contributed by atoms with Gasteiger partial charge in [0.25, 0.3) is 10.2 Å². The van der Waals surface area contributed by atoms with E-state index in [1.165, 1.54) is 14.1 Å². The highest BCUT2D eigenvalue weighted by Crippen LogP contribution is 1.63. The van der Waals surface area contributed by atoms with Crippen LogP contribution in [0.1, 0.15) is 14.9 Å². The van der Waals surface area contributed by atoms with Crippen molar-refractivity contribution < 1.29 is 16.8 Å². The molecule has 0 aliphatic heterocycles. The van der Waals surface area contributed by atoms with E-state index in [0.29, 0.717) is 0 Å². The van der Waals surface area contributed by atoms with E-state index in [-0.39, 0.29) is 14.9 Å². The molecule has 0 aromatic carbocycles. The highest BCUT2D eigenvalue weighted by atomic mass is 32.2. The van der Waals surface area contributed by atoms with Gasteiger partial charge in [-0.05, 0) is 0 Å². The van der Waals surface area contributed by atoms with E-state index in [2.05, 4.69) is 9.44 Å². The number of nitrogens with one attached hydrogen (secondary N) is 2. The van der Waals surface area contributed by atoms with Crippen LogP contribution in [-0.2, 0) is 20.0 Å². The first-order valence-electron chi connectivity index (χ1n) is 2.89. The lowest BCUT2D eigenvalue weighted by atomic mass is 11.6. The molecule has 8 heteroatoms. The lowest BCUT2D eigenvalue weighted by molar-refractivity contribution is 0.580. The highest BCUT2D eigenvalue weighted by Gasteiger charge is 1.96. The molecule has 0 aromatic heterocycles. The first-order chi connectivity index (χ1) is 5.12. The molecule has 0 spiro atoms. The summed E-state index contributed by atoms with van der Waals surface area (Å²) >= 11 is 0. The van der Waals surface area contributed by atoms with Gasteiger partial charge in [0.1, 0.15) is 9.84 Å². The molecule has 0 aliphatic rings. The summed E-state index contributed by atoms with van der Waals surface area (Å²) < 4.78 is 43.7. The molecule has 0 heterocycles. The van der Waals surface area contributed by atoms with E-state index < -0.39 is 20.0 Å². The maximum atomic E-state index is 10.1. The van der Waals surface area contributed by atoms with Gasteiger partial charge in [-0.15, -0.1) is 0 Å². The largest absolute Gasteiger partial charge is 0.276 e. The van der Waals surface area contributed by atoms with Gasteiger partial charge < -0.3 is 0 Å². The molecule has 0 fully saturated rings. The molecule has 0 rings (SSSR count). The average molecular weight is 250 g/mol. The van der Waals surface area contributed by atoms with E-state index in [1.54, 1.807) is 0 Å². The zero-order chi connectivity index (χ0) is 10.4. The predicted octanol–water partition coefficient (Wildman–Crippen LogP) is -0.397. The smallest absolute Gasteiger partial charge is 0.229 e. The molecule has 0 atom stereocenters. The Bertz CT molecular complexity index is 276. The van der Waals surface area contributed by atoms with Gasteiger partial charge in [0.05, 0.1) is 0 Å². The summed E-state index contributed by atoms with van der Waals surface area (Å²) in [5.74, 6) is 0. The van der Waals surface area contributed by atoms with Crippen molar-refractivity contribution in [2.75, 3.05) is 26.6 Å². The van der Waals surface area contributed by atoms with Crippen molar-refractivity contribution in [3.05, 3.63) is 0 Å². The van der Waals surface area contributed by atoms with Gasteiger partial charge in [0.15, 0.2) is 0 Å². The molecule has 0 amide bonds. The molecule has 0 unspecified atom stereocenters. The van der Waals surface area contributed by atoms with Crippen LogP contribution in [0.25, 0.3) is 0 Å². The van der Waals surface area contributed by atoms with Gasteiger partial charge in [0.2, 0.25) is 0 Å². The number of hydrogen-bond acceptors (Lipinski definition) is 4. The van der Waals surface area contributed by atoms with Crippen LogP contribution in [0.5, 0.6) is 0 Å². The Labute approximate surface area is 88.2 Å². The fourth-order valence-electron chi connectivity index (χ4n) is 0.102. The first-order valence-corrected chi connectivity index (χ1v) is 6.67. The van der Waals surface area contributed by atoms with Crippen molar-refractivity contribution >= 4 is 20.0 Å². The molecule has 0 bridgehead atoms. The number of sulfone groups is 1. The summed E-state index contributed by atoms with van der Waals surface area (Å²) in [6, 6.07) is 0. The SMILES string of the molecule is C.C.CNS(=O)(=O)NC.CS(C)(=O)=O. The second kappa shape index (κ2) is 9.38. The minimum absolute atomic E-state index is 0. The molecular weight excluding hydrogens is 228 g/mol. The Kier molecular flexibility index (Phi) is 15.8. The summed E-state index contributed by atoms with van der Waals surface area (Å²) in [6.07, 6.45) is 2.32. The molecule has 0 aliphatic carbocycles. The number of rotatable bonds is 2. The summed E-state index contributed by atoms with van der Waals surface area (Å²) in [7, 11) is -3.15. The lowest BCUT2D eigenvalue weighted by Crippen LogP contribution is -2.30. The fraction of sp³-hybridized carbons (Fsp3) is 1.00. The van der Waals surface area contributed by atoms with Crippen LogP contribution in [0.3, 0.4) is 0 Å². The molecular formula is C6H22N2O4S2. The van der Waals surface area contributed by atoms with Crippen LogP contribution in [0.2, 0.25) is 0 Å². The summed E-state index contributed by atoms with van der Waals surface area (Å²) in [5.41, 5.74) is 0. The van der Waals surface area contributed by atoms with Crippen molar-refractivity contribution in [3.8, 4) is 0 Å². The fourth-order valence-corrected chi connectivity index (χ4v) is 0.306. The Morgan fingerprint density at radius 1 is 0.786 bits per heavy atom. The van der Waals surface area contributed by atoms with Crippen molar-refractivity contribution in [1.29, 1.82) is 0 Å². The van der Waals surface area contributed by atoms with Crippen LogP contribution in [0.15, 0.2) is 0 Å². The van der Waals surface area contributed by atoms with E-state index in [9.17, 15) is 16.8 Å². The van der Waals surface area contributed by atoms with Gasteiger partial charge in [0, 0.05) is 26.6 Å². The molecule has 0 radical (unpaired) electrons. The normalized spacial score (nSPS) is 10.0. The molecule has 92 valence electrons. The number of hydrogen-bond donors (Lipinski definition) is 2. The van der Waals surface area contributed by atoms with Gasteiger partial charge in [-0.25, -0.2) is 17.9 Å². The van der Waals surface area contributed by atoms with Gasteiger partial charge in [-0.3, -0.25) is 0 Å². The Morgan fingerprint density at radius 3 is 0.929 bits per heavy atom. The lowest BCUT2D eigenvalue weighted by Gasteiger charge is -1.94. The summed E-state index contributed by atoms with van der Waals surface area (Å²) in [5, 5.41) is 0. The summed E-state index contributed by atoms with van der Waals surface area (Å²) in [6.45, 7) is 0. The molecule has 0 saturated heterocycles. The standard InChI is InChI=1S/C2H8N2O2S.C2H6O2S.2CH4/c1-3-7(5,6)4-2;1-5(2,3)4;;/h3-4H,1-2H3;1-2H3;2*1H4. The van der Waals surface area contributed by atoms with Gasteiger partial charge >= 0.3 is 0 Å². The van der Waals surface area contributed by atoms with Gasteiger partial charge in [-0.1, -0.05) is 14.9 Å². The van der Waals surface area contributed by atoms with E-state index in [0.717, 1.165) is 12.5 Å². The molecule has 14 heavy (non-hydrogen) atoms. The molecule has 6 nitrogen and oxygen atoms in total. The maximum absolute atomic E-state index is 10.1. The van der Waals surface area contributed by atoms with Crippen LogP contribution in [0.4, 0.5) is 0 Å². The van der Waals surface area contributed by atoms with Gasteiger partial charge in [-0.2, -0.15) is 8.42 Å². The van der Waals surface area contributed by atoms with E-state index in [1.807, 2.05) is 0 Å². The highest BCUT2D eigenvalue weighted by molar-refractivity contribution is 7.89. The summed E-state index contributed by atoms with van der Waals surface area (Å²) in [4.78, 5) is 0. The molecule has 2 N–H and O–H groups in total. The third kappa shape index (κ3) is 40.9. The Morgan fingerprint density at radius 2 is 0.929 bits per heavy atom. The van der Waals surface area contributed by atoms with Crippen molar-refractivity contribution in [3.63, 3.8) is 0 Å². The molecule has 0 saturated carbocycles. The first kappa shape index (κ1) is 23.6. The second-order valence-corrected chi connectivity index (χ2v) is 6.16. The van der Waals surface area contributed by atoms with Crippen LogP contribution in [0, 0.1) is 0 Å². The monoisotopic (exact) mass is 250 g/mol.